The van der Waals surface area contributed by atoms with Crippen LogP contribution in [0.4, 0.5) is 0 Å². The van der Waals surface area contributed by atoms with Gasteiger partial charge in [0.25, 0.3) is 0 Å². The van der Waals surface area contributed by atoms with E-state index in [1.165, 1.54) is 11.1 Å². The second-order valence-electron chi connectivity index (χ2n) is 7.48. The zero-order valence-corrected chi connectivity index (χ0v) is 16.7. The number of fused-ring (bicyclic) bond motifs is 3. The molecule has 0 amide bonds. The van der Waals surface area contributed by atoms with Gasteiger partial charge in [-0.05, 0) is 47.9 Å². The summed E-state index contributed by atoms with van der Waals surface area (Å²) in [5.74, 6) is 1.80. The van der Waals surface area contributed by atoms with E-state index >= 15 is 0 Å². The zero-order chi connectivity index (χ0) is 19.8. The van der Waals surface area contributed by atoms with Crippen molar-refractivity contribution in [3.05, 3.63) is 95.1 Å². The number of hydrogen-bond donors (Lipinski definition) is 0. The van der Waals surface area contributed by atoms with Crippen molar-refractivity contribution in [2.24, 2.45) is 5.10 Å². The molecule has 5 rings (SSSR count). The van der Waals surface area contributed by atoms with Crippen LogP contribution in [-0.2, 0) is 6.42 Å². The van der Waals surface area contributed by atoms with E-state index in [1.54, 1.807) is 7.11 Å². The minimum Gasteiger partial charge on any atom is -0.497 e. The molecule has 2 aliphatic heterocycles. The van der Waals surface area contributed by atoms with Crippen LogP contribution >= 0.6 is 0 Å². The summed E-state index contributed by atoms with van der Waals surface area (Å²) in [5.41, 5.74) is 5.85. The third-order valence-corrected chi connectivity index (χ3v) is 5.80. The number of rotatable bonds is 4. The highest BCUT2D eigenvalue weighted by molar-refractivity contribution is 6.02. The maximum Gasteiger partial charge on any atom is 0.213 e. The highest BCUT2D eigenvalue weighted by Crippen LogP contribution is 2.47. The Balaban J connectivity index is 1.54. The predicted molar refractivity (Wildman–Crippen MR) is 114 cm³/mol. The average Bonchev–Trinajstić information content (AvgIpc) is 3.24. The van der Waals surface area contributed by atoms with Gasteiger partial charge < -0.3 is 9.47 Å². The van der Waals surface area contributed by atoms with Crippen molar-refractivity contribution in [3.8, 4) is 11.5 Å². The van der Waals surface area contributed by atoms with E-state index in [0.717, 1.165) is 41.2 Å². The zero-order valence-electron chi connectivity index (χ0n) is 16.7. The molecule has 0 aromatic heterocycles. The van der Waals surface area contributed by atoms with Gasteiger partial charge in [-0.2, -0.15) is 5.10 Å². The lowest BCUT2D eigenvalue weighted by atomic mass is 9.96. The van der Waals surface area contributed by atoms with Crippen molar-refractivity contribution < 1.29 is 9.47 Å². The summed E-state index contributed by atoms with van der Waals surface area (Å²) < 4.78 is 11.7. The Bertz CT molecular complexity index is 1040. The second kappa shape index (κ2) is 7.28. The van der Waals surface area contributed by atoms with Gasteiger partial charge in [0.2, 0.25) is 6.23 Å². The number of hydrazone groups is 1. The van der Waals surface area contributed by atoms with E-state index in [-0.39, 0.29) is 12.3 Å². The molecule has 0 aliphatic carbocycles. The van der Waals surface area contributed by atoms with Gasteiger partial charge in [0.1, 0.15) is 11.5 Å². The molecule has 4 nitrogen and oxygen atoms in total. The van der Waals surface area contributed by atoms with Crippen LogP contribution in [0.3, 0.4) is 0 Å². The largest absolute Gasteiger partial charge is 0.497 e. The van der Waals surface area contributed by atoms with Gasteiger partial charge in [-0.1, -0.05) is 49.4 Å². The molecule has 3 aromatic carbocycles. The normalized spacial score (nSPS) is 19.8. The first kappa shape index (κ1) is 17.8. The van der Waals surface area contributed by atoms with Crippen molar-refractivity contribution in [3.63, 3.8) is 0 Å². The summed E-state index contributed by atoms with van der Waals surface area (Å²) in [5, 5.41) is 7.15. The summed E-state index contributed by atoms with van der Waals surface area (Å²) in [6.45, 7) is 2.17. The minimum absolute atomic E-state index is 0.174. The van der Waals surface area contributed by atoms with Crippen LogP contribution in [-0.4, -0.2) is 17.8 Å². The number of hydrogen-bond acceptors (Lipinski definition) is 4. The van der Waals surface area contributed by atoms with E-state index in [0.29, 0.717) is 0 Å². The third-order valence-electron chi connectivity index (χ3n) is 5.80. The fourth-order valence-electron chi connectivity index (χ4n) is 4.13. The number of methoxy groups -OCH3 is 1. The lowest BCUT2D eigenvalue weighted by molar-refractivity contribution is -0.0190. The van der Waals surface area contributed by atoms with Gasteiger partial charge in [0, 0.05) is 17.5 Å². The molecule has 0 radical (unpaired) electrons. The molecule has 0 unspecified atom stereocenters. The van der Waals surface area contributed by atoms with E-state index in [2.05, 4.69) is 66.5 Å². The van der Waals surface area contributed by atoms with E-state index in [1.807, 2.05) is 18.2 Å². The topological polar surface area (TPSA) is 34.1 Å². The first-order chi connectivity index (χ1) is 14.3. The van der Waals surface area contributed by atoms with Gasteiger partial charge in [-0.3, -0.25) is 0 Å². The number of para-hydroxylation sites is 1. The molecule has 0 N–H and O–H groups in total. The summed E-state index contributed by atoms with van der Waals surface area (Å²) in [6, 6.07) is 25.3. The maximum atomic E-state index is 6.42. The number of ether oxygens (including phenoxy) is 2. The monoisotopic (exact) mass is 384 g/mol. The molecular formula is C25H24N2O2. The minimum atomic E-state index is -0.225. The van der Waals surface area contributed by atoms with Crippen molar-refractivity contribution >= 4 is 5.71 Å². The molecule has 2 aliphatic rings. The molecule has 0 bridgehead atoms. The molecule has 4 heteroatoms. The number of benzene rings is 3. The van der Waals surface area contributed by atoms with Crippen LogP contribution in [0.1, 0.15) is 47.9 Å². The van der Waals surface area contributed by atoms with Crippen molar-refractivity contribution in [1.82, 2.24) is 5.01 Å². The molecule has 29 heavy (non-hydrogen) atoms. The van der Waals surface area contributed by atoms with Crippen LogP contribution in [0, 0.1) is 0 Å². The Kier molecular flexibility index (Phi) is 4.47. The van der Waals surface area contributed by atoms with Gasteiger partial charge in [-0.15, -0.1) is 0 Å². The van der Waals surface area contributed by atoms with Gasteiger partial charge in [0.05, 0.1) is 18.9 Å². The van der Waals surface area contributed by atoms with Gasteiger partial charge >= 0.3 is 0 Å². The Morgan fingerprint density at radius 1 is 1.00 bits per heavy atom. The van der Waals surface area contributed by atoms with Crippen molar-refractivity contribution in [2.75, 3.05) is 7.11 Å². The Hall–Kier alpha value is -3.27. The maximum absolute atomic E-state index is 6.42. The van der Waals surface area contributed by atoms with Gasteiger partial charge in [0.15, 0.2) is 0 Å². The summed E-state index contributed by atoms with van der Waals surface area (Å²) in [7, 11) is 1.69. The number of aryl methyl sites for hydroxylation is 1. The van der Waals surface area contributed by atoms with Gasteiger partial charge in [-0.25, -0.2) is 5.01 Å². The third kappa shape index (κ3) is 3.15. The molecule has 146 valence electrons. The quantitative estimate of drug-likeness (QED) is 0.596. The summed E-state index contributed by atoms with van der Waals surface area (Å²) in [6.07, 6.45) is 1.66. The van der Waals surface area contributed by atoms with Crippen LogP contribution < -0.4 is 9.47 Å². The molecule has 2 heterocycles. The molecule has 0 fully saturated rings. The standard InChI is InChI=1S/C25H24N2O2/c1-3-17-8-10-19(11-9-17)25-27-23(21-6-4-5-7-24(21)29-25)16-22(26-27)18-12-14-20(28-2)15-13-18/h4-15,23,25H,3,16H2,1-2H3/t23-,25-/m0/s1. The van der Waals surface area contributed by atoms with E-state index in [9.17, 15) is 0 Å². The number of nitrogens with zero attached hydrogens (tertiary/aromatic N) is 2. The average molecular weight is 384 g/mol. The molecule has 0 spiro atoms. The summed E-state index contributed by atoms with van der Waals surface area (Å²) in [4.78, 5) is 0. The Morgan fingerprint density at radius 3 is 2.48 bits per heavy atom. The molecule has 0 saturated heterocycles. The summed E-state index contributed by atoms with van der Waals surface area (Å²) >= 11 is 0. The highest BCUT2D eigenvalue weighted by atomic mass is 16.5. The SMILES string of the molecule is CCc1ccc([C@@H]2Oc3ccccc3[C@@H]3CC(c4ccc(OC)cc4)=NN32)cc1. The lowest BCUT2D eigenvalue weighted by Crippen LogP contribution is -2.33. The van der Waals surface area contributed by atoms with Crippen LogP contribution in [0.5, 0.6) is 11.5 Å². The molecular weight excluding hydrogens is 360 g/mol. The Labute approximate surface area is 171 Å². The Morgan fingerprint density at radius 2 is 1.76 bits per heavy atom. The smallest absolute Gasteiger partial charge is 0.213 e. The highest BCUT2D eigenvalue weighted by Gasteiger charge is 2.40. The molecule has 0 saturated carbocycles. The van der Waals surface area contributed by atoms with Crippen LogP contribution in [0.25, 0.3) is 0 Å². The van der Waals surface area contributed by atoms with Crippen LogP contribution in [0.15, 0.2) is 77.9 Å². The van der Waals surface area contributed by atoms with Crippen molar-refractivity contribution in [2.45, 2.75) is 32.0 Å². The fraction of sp³-hybridized carbons (Fsp3) is 0.240. The second-order valence-corrected chi connectivity index (χ2v) is 7.48. The first-order valence-electron chi connectivity index (χ1n) is 10.1. The van der Waals surface area contributed by atoms with Crippen molar-refractivity contribution in [1.29, 1.82) is 0 Å². The molecule has 3 aromatic rings. The van der Waals surface area contributed by atoms with Crippen LogP contribution in [0.2, 0.25) is 0 Å². The first-order valence-corrected chi connectivity index (χ1v) is 10.1. The lowest BCUT2D eigenvalue weighted by Gasteiger charge is -2.38. The van der Waals surface area contributed by atoms with E-state index < -0.39 is 0 Å². The van der Waals surface area contributed by atoms with E-state index in [4.69, 9.17) is 14.6 Å². The predicted octanol–water partition coefficient (Wildman–Crippen LogP) is 5.50. The fourth-order valence-corrected chi connectivity index (χ4v) is 4.13. The molecule has 2 atom stereocenters.